The number of ether oxygens (including phenoxy) is 2. The highest BCUT2D eigenvalue weighted by Gasteiger charge is 2.10. The van der Waals surface area contributed by atoms with Crippen LogP contribution in [0.2, 0.25) is 0 Å². The molecule has 0 aliphatic rings. The molecule has 0 heterocycles. The van der Waals surface area contributed by atoms with E-state index >= 15 is 0 Å². The maximum atomic E-state index is 12.2. The van der Waals surface area contributed by atoms with Crippen LogP contribution in [0.4, 0.5) is 8.78 Å². The summed E-state index contributed by atoms with van der Waals surface area (Å²) < 4.78 is 34.0. The van der Waals surface area contributed by atoms with E-state index < -0.39 is 6.61 Å². The Bertz CT molecular complexity index is 783. The number of guanidine groups is 1. The van der Waals surface area contributed by atoms with Gasteiger partial charge in [-0.2, -0.15) is 8.78 Å². The van der Waals surface area contributed by atoms with Crippen LogP contribution in [0.15, 0.2) is 47.5 Å². The van der Waals surface area contributed by atoms with Gasteiger partial charge in [-0.25, -0.2) is 4.99 Å². The Balaban J connectivity index is 2.08. The molecule has 0 aliphatic heterocycles. The zero-order valence-electron chi connectivity index (χ0n) is 16.2. The highest BCUT2D eigenvalue weighted by atomic mass is 19.3. The largest absolute Gasteiger partial charge is 0.504 e. The minimum atomic E-state index is -2.84. The molecule has 0 unspecified atom stereocenters. The number of nitrogens with zero attached hydrogens (tertiary/aromatic N) is 2. The van der Waals surface area contributed by atoms with E-state index in [2.05, 4.69) is 15.0 Å². The van der Waals surface area contributed by atoms with Gasteiger partial charge in [0.15, 0.2) is 17.5 Å². The van der Waals surface area contributed by atoms with Crippen molar-refractivity contribution in [3.05, 3.63) is 53.6 Å². The summed E-state index contributed by atoms with van der Waals surface area (Å²) in [6.45, 7) is 0.591. The molecule has 0 aliphatic carbocycles. The summed E-state index contributed by atoms with van der Waals surface area (Å²) in [6, 6.07) is 11.7. The number of rotatable bonds is 8. The fourth-order valence-electron chi connectivity index (χ4n) is 2.61. The molecule has 2 rings (SSSR count). The SMILES string of the molecule is CCNC(=NCc1cccc(OC)c1O)N(C)Cc1ccc(OC(F)F)cc1. The number of halogens is 2. The van der Waals surface area contributed by atoms with Gasteiger partial charge in [-0.15, -0.1) is 0 Å². The van der Waals surface area contributed by atoms with Crippen molar-refractivity contribution in [3.8, 4) is 17.2 Å². The third-order valence-electron chi connectivity index (χ3n) is 3.97. The van der Waals surface area contributed by atoms with Gasteiger partial charge in [0.2, 0.25) is 0 Å². The van der Waals surface area contributed by atoms with Crippen molar-refractivity contribution in [3.63, 3.8) is 0 Å². The third-order valence-corrected chi connectivity index (χ3v) is 3.97. The molecular formula is C20H25F2N3O3. The number of nitrogens with one attached hydrogen (secondary N) is 1. The third kappa shape index (κ3) is 6.00. The van der Waals surface area contributed by atoms with Crippen molar-refractivity contribution in [1.82, 2.24) is 10.2 Å². The number of methoxy groups -OCH3 is 1. The number of aromatic hydroxyl groups is 1. The minimum absolute atomic E-state index is 0.0712. The molecule has 28 heavy (non-hydrogen) atoms. The predicted octanol–water partition coefficient (Wildman–Crippen LogP) is 3.60. The first kappa shape index (κ1) is 21.3. The average molecular weight is 393 g/mol. The Labute approximate surface area is 163 Å². The lowest BCUT2D eigenvalue weighted by molar-refractivity contribution is -0.0498. The van der Waals surface area contributed by atoms with Crippen molar-refractivity contribution >= 4 is 5.96 Å². The lowest BCUT2D eigenvalue weighted by Gasteiger charge is -2.22. The maximum absolute atomic E-state index is 12.2. The molecular weight excluding hydrogens is 368 g/mol. The first-order chi connectivity index (χ1) is 13.4. The van der Waals surface area contributed by atoms with Gasteiger partial charge in [-0.1, -0.05) is 24.3 Å². The van der Waals surface area contributed by atoms with Crippen LogP contribution in [-0.2, 0) is 13.1 Å². The smallest absolute Gasteiger partial charge is 0.387 e. The van der Waals surface area contributed by atoms with Crippen LogP contribution in [0.25, 0.3) is 0 Å². The molecule has 8 heteroatoms. The summed E-state index contributed by atoms with van der Waals surface area (Å²) in [5, 5.41) is 13.4. The standard InChI is InChI=1S/C20H25F2N3O3/c1-4-23-20(24-12-15-6-5-7-17(27-3)18(15)26)25(2)13-14-8-10-16(11-9-14)28-19(21)22/h5-11,19,26H,4,12-13H2,1-3H3,(H,23,24). The van der Waals surface area contributed by atoms with Crippen molar-refractivity contribution < 1.29 is 23.4 Å². The van der Waals surface area contributed by atoms with Crippen LogP contribution in [0, 0.1) is 0 Å². The van der Waals surface area contributed by atoms with Crippen LogP contribution >= 0.6 is 0 Å². The molecule has 0 fully saturated rings. The van der Waals surface area contributed by atoms with E-state index in [0.29, 0.717) is 30.4 Å². The second-order valence-electron chi connectivity index (χ2n) is 6.02. The second-order valence-corrected chi connectivity index (χ2v) is 6.02. The van der Waals surface area contributed by atoms with Gasteiger partial charge in [0.25, 0.3) is 0 Å². The number of hydrogen-bond donors (Lipinski definition) is 2. The van der Waals surface area contributed by atoms with E-state index in [1.807, 2.05) is 18.9 Å². The van der Waals surface area contributed by atoms with Gasteiger partial charge in [0.05, 0.1) is 13.7 Å². The monoisotopic (exact) mass is 393 g/mol. The lowest BCUT2D eigenvalue weighted by Crippen LogP contribution is -2.38. The summed E-state index contributed by atoms with van der Waals surface area (Å²) in [5.74, 6) is 1.24. The number of aliphatic imine (C=N–C) groups is 1. The van der Waals surface area contributed by atoms with Crippen LogP contribution in [-0.4, -0.2) is 43.3 Å². The van der Waals surface area contributed by atoms with Gasteiger partial charge >= 0.3 is 6.61 Å². The topological polar surface area (TPSA) is 66.3 Å². The number of hydrogen-bond acceptors (Lipinski definition) is 4. The zero-order valence-corrected chi connectivity index (χ0v) is 16.2. The number of benzene rings is 2. The van der Waals surface area contributed by atoms with Gasteiger partial charge in [-0.05, 0) is 30.7 Å². The van der Waals surface area contributed by atoms with E-state index in [1.165, 1.54) is 19.2 Å². The second kappa shape index (κ2) is 10.3. The number of para-hydroxylation sites is 1. The normalized spacial score (nSPS) is 11.4. The van der Waals surface area contributed by atoms with Crippen molar-refractivity contribution in [2.45, 2.75) is 26.6 Å². The maximum Gasteiger partial charge on any atom is 0.387 e. The van der Waals surface area contributed by atoms with E-state index in [4.69, 9.17) is 4.74 Å². The Hall–Kier alpha value is -3.03. The van der Waals surface area contributed by atoms with Crippen LogP contribution < -0.4 is 14.8 Å². The summed E-state index contributed by atoms with van der Waals surface area (Å²) in [7, 11) is 3.37. The van der Waals surface area contributed by atoms with Crippen molar-refractivity contribution in [2.24, 2.45) is 4.99 Å². The fourth-order valence-corrected chi connectivity index (χ4v) is 2.61. The van der Waals surface area contributed by atoms with Gasteiger partial charge in [0.1, 0.15) is 5.75 Å². The van der Waals surface area contributed by atoms with Crippen molar-refractivity contribution in [2.75, 3.05) is 20.7 Å². The molecule has 6 nitrogen and oxygen atoms in total. The molecule has 0 radical (unpaired) electrons. The van der Waals surface area contributed by atoms with E-state index in [1.54, 1.807) is 30.3 Å². The molecule has 0 saturated carbocycles. The van der Waals surface area contributed by atoms with E-state index in [0.717, 1.165) is 5.56 Å². The number of alkyl halides is 2. The first-order valence-corrected chi connectivity index (χ1v) is 8.82. The Morgan fingerprint density at radius 1 is 1.21 bits per heavy atom. The van der Waals surface area contributed by atoms with E-state index in [9.17, 15) is 13.9 Å². The Morgan fingerprint density at radius 2 is 1.93 bits per heavy atom. The summed E-state index contributed by atoms with van der Waals surface area (Å²) in [6.07, 6.45) is 0. The molecule has 0 bridgehead atoms. The Morgan fingerprint density at radius 3 is 2.54 bits per heavy atom. The summed E-state index contributed by atoms with van der Waals surface area (Å²) >= 11 is 0. The molecule has 0 atom stereocenters. The zero-order chi connectivity index (χ0) is 20.5. The molecule has 2 N–H and O–H groups in total. The Kier molecular flexibility index (Phi) is 7.86. The molecule has 2 aromatic carbocycles. The molecule has 2 aromatic rings. The van der Waals surface area contributed by atoms with Crippen molar-refractivity contribution in [1.29, 1.82) is 0 Å². The van der Waals surface area contributed by atoms with Gasteiger partial charge in [0, 0.05) is 25.7 Å². The highest BCUT2D eigenvalue weighted by molar-refractivity contribution is 5.79. The average Bonchev–Trinajstić information content (AvgIpc) is 2.67. The fraction of sp³-hybridized carbons (Fsp3) is 0.350. The molecule has 0 spiro atoms. The highest BCUT2D eigenvalue weighted by Crippen LogP contribution is 2.29. The number of phenolic OH excluding ortho intramolecular Hbond substituents is 1. The van der Waals surface area contributed by atoms with Gasteiger partial charge < -0.3 is 24.8 Å². The van der Waals surface area contributed by atoms with E-state index in [-0.39, 0.29) is 18.0 Å². The molecule has 0 amide bonds. The molecule has 0 aromatic heterocycles. The van der Waals surface area contributed by atoms with Crippen LogP contribution in [0.5, 0.6) is 17.2 Å². The summed E-state index contributed by atoms with van der Waals surface area (Å²) in [4.78, 5) is 6.47. The molecule has 152 valence electrons. The van der Waals surface area contributed by atoms with Crippen LogP contribution in [0.1, 0.15) is 18.1 Å². The lowest BCUT2D eigenvalue weighted by atomic mass is 10.2. The first-order valence-electron chi connectivity index (χ1n) is 8.82. The minimum Gasteiger partial charge on any atom is -0.504 e. The quantitative estimate of drug-likeness (QED) is 0.530. The van der Waals surface area contributed by atoms with Gasteiger partial charge in [-0.3, -0.25) is 0 Å². The predicted molar refractivity (Wildman–Crippen MR) is 104 cm³/mol. The summed E-state index contributed by atoms with van der Waals surface area (Å²) in [5.41, 5.74) is 1.57. The number of phenols is 1. The molecule has 0 saturated heterocycles. The van der Waals surface area contributed by atoms with Crippen LogP contribution in [0.3, 0.4) is 0 Å².